The molecular weight excluding hydrogens is 264 g/mol. The first-order chi connectivity index (χ1) is 10.2. The van der Waals surface area contributed by atoms with Crippen LogP contribution in [0.1, 0.15) is 51.2 Å². The summed E-state index contributed by atoms with van der Waals surface area (Å²) in [4.78, 5) is 12.4. The van der Waals surface area contributed by atoms with Gasteiger partial charge >= 0.3 is 0 Å². The summed E-state index contributed by atoms with van der Waals surface area (Å²) in [6.45, 7) is 2.03. The number of fused-ring (bicyclic) bond motifs is 1. The van der Waals surface area contributed by atoms with Crippen LogP contribution in [0, 0.1) is 5.92 Å². The predicted molar refractivity (Wildman–Crippen MR) is 81.9 cm³/mol. The van der Waals surface area contributed by atoms with Gasteiger partial charge in [-0.15, -0.1) is 0 Å². The number of rotatable bonds is 4. The Labute approximate surface area is 126 Å². The van der Waals surface area contributed by atoms with Crippen molar-refractivity contribution in [2.75, 3.05) is 0 Å². The Bertz CT molecular complexity index is 457. The zero-order valence-electron chi connectivity index (χ0n) is 12.8. The average molecular weight is 290 g/mol. The zero-order chi connectivity index (χ0) is 14.7. The third kappa shape index (κ3) is 3.67. The molecule has 2 fully saturated rings. The lowest BCUT2D eigenvalue weighted by atomic mass is 9.77. The van der Waals surface area contributed by atoms with Gasteiger partial charge in [0.05, 0.1) is 12.3 Å². The molecule has 1 amide bonds. The van der Waals surface area contributed by atoms with E-state index in [4.69, 9.17) is 4.42 Å². The third-order valence-electron chi connectivity index (χ3n) is 4.94. The normalized spacial score (nSPS) is 30.4. The maximum absolute atomic E-state index is 12.4. The summed E-state index contributed by atoms with van der Waals surface area (Å²) < 4.78 is 5.33. The fourth-order valence-electron chi connectivity index (χ4n) is 3.83. The first-order valence-electron chi connectivity index (χ1n) is 8.31. The number of piperidine rings is 1. The SMILES string of the molecule is CC(Cc1ccco1)NC(=O)C1CCC2CCCCC2N1. The van der Waals surface area contributed by atoms with Crippen molar-refractivity contribution in [3.8, 4) is 0 Å². The molecule has 2 heterocycles. The largest absolute Gasteiger partial charge is 0.469 e. The van der Waals surface area contributed by atoms with Gasteiger partial charge in [-0.25, -0.2) is 0 Å². The Balaban J connectivity index is 1.48. The first-order valence-corrected chi connectivity index (χ1v) is 8.31. The van der Waals surface area contributed by atoms with E-state index in [0.717, 1.165) is 24.5 Å². The summed E-state index contributed by atoms with van der Waals surface area (Å²) in [7, 11) is 0. The number of hydrogen-bond acceptors (Lipinski definition) is 3. The molecule has 2 aliphatic rings. The highest BCUT2D eigenvalue weighted by Gasteiger charge is 2.34. The summed E-state index contributed by atoms with van der Waals surface area (Å²) in [5, 5.41) is 6.71. The molecule has 2 N–H and O–H groups in total. The molecule has 1 aliphatic heterocycles. The Hall–Kier alpha value is -1.29. The van der Waals surface area contributed by atoms with Crippen LogP contribution in [0.5, 0.6) is 0 Å². The van der Waals surface area contributed by atoms with Crippen LogP contribution in [-0.4, -0.2) is 24.0 Å². The summed E-state index contributed by atoms with van der Waals surface area (Å²) in [6.07, 6.45) is 9.82. The van der Waals surface area contributed by atoms with E-state index < -0.39 is 0 Å². The van der Waals surface area contributed by atoms with Crippen LogP contribution in [-0.2, 0) is 11.2 Å². The van der Waals surface area contributed by atoms with Gasteiger partial charge in [-0.05, 0) is 50.7 Å². The van der Waals surface area contributed by atoms with E-state index in [0.29, 0.717) is 6.04 Å². The van der Waals surface area contributed by atoms with Gasteiger partial charge in [0.25, 0.3) is 0 Å². The van der Waals surface area contributed by atoms with Crippen molar-refractivity contribution < 1.29 is 9.21 Å². The number of carbonyl (C=O) groups excluding carboxylic acids is 1. The van der Waals surface area contributed by atoms with Crippen LogP contribution in [0.3, 0.4) is 0 Å². The van der Waals surface area contributed by atoms with E-state index in [1.807, 2.05) is 19.1 Å². The molecule has 21 heavy (non-hydrogen) atoms. The molecule has 0 bridgehead atoms. The van der Waals surface area contributed by atoms with Gasteiger partial charge in [0, 0.05) is 18.5 Å². The van der Waals surface area contributed by atoms with Crippen molar-refractivity contribution in [1.82, 2.24) is 10.6 Å². The van der Waals surface area contributed by atoms with Crippen LogP contribution in [0.4, 0.5) is 0 Å². The van der Waals surface area contributed by atoms with Crippen molar-refractivity contribution >= 4 is 5.91 Å². The lowest BCUT2D eigenvalue weighted by Crippen LogP contribution is -2.56. The number of hydrogen-bond donors (Lipinski definition) is 2. The van der Waals surface area contributed by atoms with Gasteiger partial charge in [-0.3, -0.25) is 4.79 Å². The molecule has 116 valence electrons. The number of nitrogens with one attached hydrogen (secondary N) is 2. The maximum atomic E-state index is 12.4. The number of carbonyl (C=O) groups is 1. The highest BCUT2D eigenvalue weighted by molar-refractivity contribution is 5.82. The van der Waals surface area contributed by atoms with Crippen LogP contribution in [0.15, 0.2) is 22.8 Å². The average Bonchev–Trinajstić information content (AvgIpc) is 2.99. The Morgan fingerprint density at radius 1 is 1.38 bits per heavy atom. The third-order valence-corrected chi connectivity index (χ3v) is 4.94. The van der Waals surface area contributed by atoms with Crippen molar-refractivity contribution in [2.45, 2.75) is 70.0 Å². The predicted octanol–water partition coefficient (Wildman–Crippen LogP) is 2.64. The van der Waals surface area contributed by atoms with Gasteiger partial charge in [0.15, 0.2) is 0 Å². The molecule has 4 nitrogen and oxygen atoms in total. The van der Waals surface area contributed by atoms with E-state index >= 15 is 0 Å². The molecule has 0 aromatic carbocycles. The van der Waals surface area contributed by atoms with Gasteiger partial charge in [-0.1, -0.05) is 12.8 Å². The summed E-state index contributed by atoms with van der Waals surface area (Å²) >= 11 is 0. The molecule has 0 spiro atoms. The minimum Gasteiger partial charge on any atom is -0.469 e. The Morgan fingerprint density at radius 2 is 2.24 bits per heavy atom. The van der Waals surface area contributed by atoms with Gasteiger partial charge < -0.3 is 15.1 Å². The van der Waals surface area contributed by atoms with Gasteiger partial charge in [-0.2, -0.15) is 0 Å². The monoisotopic (exact) mass is 290 g/mol. The topological polar surface area (TPSA) is 54.3 Å². The van der Waals surface area contributed by atoms with Crippen molar-refractivity contribution in [3.63, 3.8) is 0 Å². The summed E-state index contributed by atoms with van der Waals surface area (Å²) in [6, 6.07) is 4.49. The van der Waals surface area contributed by atoms with Crippen LogP contribution in [0.2, 0.25) is 0 Å². The standard InChI is InChI=1S/C17H26N2O2/c1-12(11-14-6-4-10-21-14)18-17(20)16-9-8-13-5-2-3-7-15(13)19-16/h4,6,10,12-13,15-16,19H,2-3,5,7-9,11H2,1H3,(H,18,20). The van der Waals surface area contributed by atoms with E-state index in [-0.39, 0.29) is 18.0 Å². The molecule has 1 aromatic rings. The molecule has 4 heteroatoms. The van der Waals surface area contributed by atoms with E-state index in [1.54, 1.807) is 6.26 Å². The van der Waals surface area contributed by atoms with Crippen molar-refractivity contribution in [3.05, 3.63) is 24.2 Å². The molecule has 4 atom stereocenters. The highest BCUT2D eigenvalue weighted by Crippen LogP contribution is 2.32. The minimum absolute atomic E-state index is 0.0107. The smallest absolute Gasteiger partial charge is 0.237 e. The van der Waals surface area contributed by atoms with Crippen LogP contribution < -0.4 is 10.6 Å². The maximum Gasteiger partial charge on any atom is 0.237 e. The molecule has 1 aliphatic carbocycles. The molecule has 1 saturated heterocycles. The van der Waals surface area contributed by atoms with E-state index in [2.05, 4.69) is 10.6 Å². The highest BCUT2D eigenvalue weighted by atomic mass is 16.3. The Morgan fingerprint density at radius 3 is 3.05 bits per heavy atom. The van der Waals surface area contributed by atoms with Crippen molar-refractivity contribution in [1.29, 1.82) is 0 Å². The molecule has 1 saturated carbocycles. The van der Waals surface area contributed by atoms with E-state index in [1.165, 1.54) is 32.1 Å². The van der Waals surface area contributed by atoms with Crippen LogP contribution >= 0.6 is 0 Å². The van der Waals surface area contributed by atoms with E-state index in [9.17, 15) is 4.79 Å². The molecule has 0 radical (unpaired) electrons. The van der Waals surface area contributed by atoms with Gasteiger partial charge in [0.2, 0.25) is 5.91 Å². The lowest BCUT2D eigenvalue weighted by molar-refractivity contribution is -0.125. The lowest BCUT2D eigenvalue weighted by Gasteiger charge is -2.40. The quantitative estimate of drug-likeness (QED) is 0.896. The molecule has 3 rings (SSSR count). The fourth-order valence-corrected chi connectivity index (χ4v) is 3.83. The minimum atomic E-state index is -0.0107. The molecular formula is C17H26N2O2. The second-order valence-corrected chi connectivity index (χ2v) is 6.64. The van der Waals surface area contributed by atoms with Crippen molar-refractivity contribution in [2.24, 2.45) is 5.92 Å². The molecule has 1 aromatic heterocycles. The number of amides is 1. The Kier molecular flexibility index (Phi) is 4.63. The molecule has 4 unspecified atom stereocenters. The zero-order valence-corrected chi connectivity index (χ0v) is 12.8. The van der Waals surface area contributed by atoms with Gasteiger partial charge in [0.1, 0.15) is 5.76 Å². The fraction of sp³-hybridized carbons (Fsp3) is 0.706. The van der Waals surface area contributed by atoms with Crippen LogP contribution in [0.25, 0.3) is 0 Å². The first kappa shape index (κ1) is 14.6. The summed E-state index contributed by atoms with van der Waals surface area (Å²) in [5.74, 6) is 1.87. The number of furan rings is 1. The second kappa shape index (κ2) is 6.65. The summed E-state index contributed by atoms with van der Waals surface area (Å²) in [5.41, 5.74) is 0. The second-order valence-electron chi connectivity index (χ2n) is 6.64.